The zero-order valence-corrected chi connectivity index (χ0v) is 12.9. The number of rotatable bonds is 2. The minimum Gasteiger partial charge on any atom is -0.337 e. The summed E-state index contributed by atoms with van der Waals surface area (Å²) in [5, 5.41) is -0.414. The van der Waals surface area contributed by atoms with Crippen molar-refractivity contribution in [2.75, 3.05) is 19.3 Å². The normalized spacial score (nSPS) is 20.1. The number of sulfone groups is 1. The smallest absolute Gasteiger partial charge is 0.254 e. The van der Waals surface area contributed by atoms with Gasteiger partial charge in [0.15, 0.2) is 9.84 Å². The fourth-order valence-electron chi connectivity index (χ4n) is 2.07. The number of carbonyl (C=O) groups is 1. The molecule has 1 heterocycles. The number of likely N-dealkylation sites (tertiary alicyclic amines) is 1. The van der Waals surface area contributed by atoms with E-state index in [9.17, 15) is 13.2 Å². The summed E-state index contributed by atoms with van der Waals surface area (Å²) >= 11 is 2.12. The largest absolute Gasteiger partial charge is 0.337 e. The molecule has 0 spiro atoms. The molecule has 0 N–H and O–H groups in total. The van der Waals surface area contributed by atoms with Crippen LogP contribution < -0.4 is 0 Å². The first-order valence-corrected chi connectivity index (χ1v) is 8.65. The van der Waals surface area contributed by atoms with Gasteiger partial charge in [-0.3, -0.25) is 4.79 Å². The van der Waals surface area contributed by atoms with Gasteiger partial charge in [0.25, 0.3) is 5.91 Å². The SMILES string of the molecule is CS(=O)(=O)C1CCN(C(=O)c2ccccc2I)C1. The molecule has 1 unspecified atom stereocenters. The maximum Gasteiger partial charge on any atom is 0.254 e. The lowest BCUT2D eigenvalue weighted by atomic mass is 10.2. The van der Waals surface area contributed by atoms with Crippen LogP contribution in [0.1, 0.15) is 16.8 Å². The van der Waals surface area contributed by atoms with E-state index in [-0.39, 0.29) is 5.91 Å². The van der Waals surface area contributed by atoms with Crippen LogP contribution in [0.5, 0.6) is 0 Å². The molecule has 1 aliphatic heterocycles. The number of carbonyl (C=O) groups excluding carboxylic acids is 1. The molecule has 1 saturated heterocycles. The van der Waals surface area contributed by atoms with Crippen molar-refractivity contribution in [1.82, 2.24) is 4.90 Å². The highest BCUT2D eigenvalue weighted by molar-refractivity contribution is 14.1. The molecule has 6 heteroatoms. The van der Waals surface area contributed by atoms with Crippen LogP contribution in [0, 0.1) is 3.57 Å². The average Bonchev–Trinajstić information content (AvgIpc) is 2.77. The lowest BCUT2D eigenvalue weighted by Gasteiger charge is -2.17. The fraction of sp³-hybridized carbons (Fsp3) is 0.417. The third-order valence-corrected chi connectivity index (χ3v) is 5.68. The molecule has 1 aromatic carbocycles. The Labute approximate surface area is 120 Å². The Kier molecular flexibility index (Phi) is 3.96. The monoisotopic (exact) mass is 379 g/mol. The molecular weight excluding hydrogens is 365 g/mol. The highest BCUT2D eigenvalue weighted by Crippen LogP contribution is 2.20. The number of amides is 1. The lowest BCUT2D eigenvalue weighted by molar-refractivity contribution is 0.0792. The predicted molar refractivity (Wildman–Crippen MR) is 78.3 cm³/mol. The van der Waals surface area contributed by atoms with Crippen molar-refractivity contribution >= 4 is 38.3 Å². The van der Waals surface area contributed by atoms with Gasteiger partial charge in [0.2, 0.25) is 0 Å². The van der Waals surface area contributed by atoms with E-state index in [1.54, 1.807) is 11.0 Å². The maximum absolute atomic E-state index is 12.3. The maximum atomic E-state index is 12.3. The van der Waals surface area contributed by atoms with Gasteiger partial charge in [-0.25, -0.2) is 8.42 Å². The molecule has 1 amide bonds. The quantitative estimate of drug-likeness (QED) is 0.733. The highest BCUT2D eigenvalue weighted by atomic mass is 127. The molecule has 0 aromatic heterocycles. The third kappa shape index (κ3) is 2.85. The second kappa shape index (κ2) is 5.16. The van der Waals surface area contributed by atoms with E-state index in [1.807, 2.05) is 18.2 Å². The zero-order valence-electron chi connectivity index (χ0n) is 9.97. The topological polar surface area (TPSA) is 54.5 Å². The summed E-state index contributed by atoms with van der Waals surface area (Å²) in [5.41, 5.74) is 0.646. The highest BCUT2D eigenvalue weighted by Gasteiger charge is 2.33. The third-order valence-electron chi connectivity index (χ3n) is 3.14. The summed E-state index contributed by atoms with van der Waals surface area (Å²) < 4.78 is 23.8. The average molecular weight is 379 g/mol. The Bertz CT molecular complexity index is 570. The van der Waals surface area contributed by atoms with Crippen LogP contribution in [-0.4, -0.2) is 43.8 Å². The van der Waals surface area contributed by atoms with Gasteiger partial charge < -0.3 is 4.90 Å². The molecule has 0 radical (unpaired) electrons. The van der Waals surface area contributed by atoms with E-state index in [1.165, 1.54) is 6.26 Å². The summed E-state index contributed by atoms with van der Waals surface area (Å²) in [6.45, 7) is 0.824. The Hall–Kier alpha value is -0.630. The Morgan fingerprint density at radius 3 is 2.61 bits per heavy atom. The molecule has 1 aliphatic rings. The van der Waals surface area contributed by atoms with Gasteiger partial charge in [-0.05, 0) is 41.1 Å². The van der Waals surface area contributed by atoms with Crippen LogP contribution in [0.15, 0.2) is 24.3 Å². The molecule has 0 saturated carbocycles. The molecular formula is C12H14INO3S. The lowest BCUT2D eigenvalue weighted by Crippen LogP contribution is -2.32. The van der Waals surface area contributed by atoms with E-state index >= 15 is 0 Å². The van der Waals surface area contributed by atoms with Gasteiger partial charge in [0.05, 0.1) is 10.8 Å². The molecule has 2 rings (SSSR count). The van der Waals surface area contributed by atoms with Gasteiger partial charge in [-0.15, -0.1) is 0 Å². The van der Waals surface area contributed by atoms with Crippen molar-refractivity contribution in [2.24, 2.45) is 0 Å². The van der Waals surface area contributed by atoms with E-state index in [4.69, 9.17) is 0 Å². The molecule has 0 aliphatic carbocycles. The molecule has 0 bridgehead atoms. The number of hydrogen-bond donors (Lipinski definition) is 0. The van der Waals surface area contributed by atoms with Crippen molar-refractivity contribution < 1.29 is 13.2 Å². The van der Waals surface area contributed by atoms with Crippen LogP contribution in [0.25, 0.3) is 0 Å². The summed E-state index contributed by atoms with van der Waals surface area (Å²) in [4.78, 5) is 13.9. The van der Waals surface area contributed by atoms with Gasteiger partial charge >= 0.3 is 0 Å². The Balaban J connectivity index is 2.16. The molecule has 1 aromatic rings. The van der Waals surface area contributed by atoms with Gasteiger partial charge in [-0.1, -0.05) is 12.1 Å². The van der Waals surface area contributed by atoms with E-state index in [0.29, 0.717) is 25.1 Å². The minimum atomic E-state index is -3.06. The Morgan fingerprint density at radius 2 is 2.06 bits per heavy atom. The summed E-state index contributed by atoms with van der Waals surface area (Å²) in [5.74, 6) is -0.0776. The zero-order chi connectivity index (χ0) is 13.3. The molecule has 1 fully saturated rings. The van der Waals surface area contributed by atoms with E-state index in [2.05, 4.69) is 22.6 Å². The molecule has 98 valence electrons. The van der Waals surface area contributed by atoms with Crippen molar-refractivity contribution in [3.8, 4) is 0 Å². The van der Waals surface area contributed by atoms with Crippen molar-refractivity contribution in [1.29, 1.82) is 0 Å². The number of nitrogens with zero attached hydrogens (tertiary/aromatic N) is 1. The standard InChI is InChI=1S/C12H14INO3S/c1-18(16,17)9-6-7-14(8-9)12(15)10-4-2-3-5-11(10)13/h2-5,9H,6-8H2,1H3. The second-order valence-electron chi connectivity index (χ2n) is 4.47. The van der Waals surface area contributed by atoms with Crippen LogP contribution >= 0.6 is 22.6 Å². The first kappa shape index (κ1) is 13.8. The van der Waals surface area contributed by atoms with Gasteiger partial charge in [-0.2, -0.15) is 0 Å². The van der Waals surface area contributed by atoms with Crippen molar-refractivity contribution in [3.05, 3.63) is 33.4 Å². The van der Waals surface area contributed by atoms with Crippen LogP contribution in [-0.2, 0) is 9.84 Å². The molecule has 1 atom stereocenters. The van der Waals surface area contributed by atoms with Crippen LogP contribution in [0.2, 0.25) is 0 Å². The number of halogens is 1. The first-order valence-electron chi connectivity index (χ1n) is 5.62. The predicted octanol–water partition coefficient (Wildman–Crippen LogP) is 1.55. The molecule has 18 heavy (non-hydrogen) atoms. The number of benzene rings is 1. The Morgan fingerprint density at radius 1 is 1.39 bits per heavy atom. The summed E-state index contributed by atoms with van der Waals surface area (Å²) in [7, 11) is -3.06. The number of hydrogen-bond acceptors (Lipinski definition) is 3. The fourth-order valence-corrected chi connectivity index (χ4v) is 3.67. The summed E-state index contributed by atoms with van der Waals surface area (Å²) in [6.07, 6.45) is 1.77. The van der Waals surface area contributed by atoms with Crippen molar-refractivity contribution in [2.45, 2.75) is 11.7 Å². The van der Waals surface area contributed by atoms with Gasteiger partial charge in [0, 0.05) is 22.9 Å². The van der Waals surface area contributed by atoms with Gasteiger partial charge in [0.1, 0.15) is 0 Å². The van der Waals surface area contributed by atoms with E-state index < -0.39 is 15.1 Å². The second-order valence-corrected chi connectivity index (χ2v) is 7.96. The van der Waals surface area contributed by atoms with Crippen LogP contribution in [0.4, 0.5) is 0 Å². The van der Waals surface area contributed by atoms with Crippen molar-refractivity contribution in [3.63, 3.8) is 0 Å². The minimum absolute atomic E-state index is 0.0776. The van der Waals surface area contributed by atoms with E-state index in [0.717, 1.165) is 3.57 Å². The molecule has 4 nitrogen and oxygen atoms in total. The summed E-state index contributed by atoms with van der Waals surface area (Å²) in [6, 6.07) is 7.34. The first-order chi connectivity index (χ1) is 8.39. The van der Waals surface area contributed by atoms with Crippen LogP contribution in [0.3, 0.4) is 0 Å².